The highest BCUT2D eigenvalue weighted by molar-refractivity contribution is 8.14. The third-order valence-electron chi connectivity index (χ3n) is 3.66. The van der Waals surface area contributed by atoms with Gasteiger partial charge < -0.3 is 5.32 Å². The van der Waals surface area contributed by atoms with Gasteiger partial charge >= 0.3 is 6.03 Å². The predicted molar refractivity (Wildman–Crippen MR) is 117 cm³/mol. The van der Waals surface area contributed by atoms with E-state index in [0.29, 0.717) is 28.7 Å². The number of nitrogens with zero attached hydrogens (tertiary/aromatic N) is 3. The standard InChI is InChI=1S/C20H28N4O2S/c1-6-8-11-22-19(21-5)16-9-10-18(14(3)12-16)24-20(26)23-15(4)27-13-17(25)7-2/h9-12H,6-8,13H2,1-5H3,(H,24,26)/b21-19?,22-11?,23-15-. The van der Waals surface area contributed by atoms with Gasteiger partial charge in [-0.25, -0.2) is 9.79 Å². The molecule has 1 aromatic rings. The number of carbonyl (C=O) groups is 2. The summed E-state index contributed by atoms with van der Waals surface area (Å²) in [6.07, 6.45) is 4.30. The fourth-order valence-corrected chi connectivity index (χ4v) is 2.81. The van der Waals surface area contributed by atoms with Crippen LogP contribution in [0.2, 0.25) is 0 Å². The number of amides is 2. The second-order valence-electron chi connectivity index (χ2n) is 5.92. The molecule has 0 aliphatic carbocycles. The summed E-state index contributed by atoms with van der Waals surface area (Å²) in [6, 6.07) is 5.18. The summed E-state index contributed by atoms with van der Waals surface area (Å²) in [5, 5.41) is 3.34. The van der Waals surface area contributed by atoms with Gasteiger partial charge in [-0.2, -0.15) is 4.99 Å². The molecule has 0 heterocycles. The number of hydrogen-bond donors (Lipinski definition) is 1. The lowest BCUT2D eigenvalue weighted by molar-refractivity contribution is -0.116. The average molecular weight is 389 g/mol. The van der Waals surface area contributed by atoms with Crippen molar-refractivity contribution in [2.75, 3.05) is 18.1 Å². The Kier molecular flexibility index (Phi) is 10.3. The third kappa shape index (κ3) is 8.30. The molecule has 27 heavy (non-hydrogen) atoms. The molecule has 0 atom stereocenters. The maximum absolute atomic E-state index is 12.1. The summed E-state index contributed by atoms with van der Waals surface area (Å²) < 4.78 is 0. The number of Topliss-reactive ketones (excluding diaryl/α,β-unsaturated/α-hetero) is 1. The largest absolute Gasteiger partial charge is 0.346 e. The van der Waals surface area contributed by atoms with Crippen LogP contribution in [0.3, 0.4) is 0 Å². The molecule has 0 unspecified atom stereocenters. The van der Waals surface area contributed by atoms with Crippen LogP contribution in [0, 0.1) is 6.92 Å². The second kappa shape index (κ2) is 12.2. The van der Waals surface area contributed by atoms with Gasteiger partial charge in [0.15, 0.2) is 5.84 Å². The van der Waals surface area contributed by atoms with E-state index in [-0.39, 0.29) is 5.78 Å². The van der Waals surface area contributed by atoms with Gasteiger partial charge in [-0.05, 0) is 44.0 Å². The van der Waals surface area contributed by atoms with Crippen molar-refractivity contribution in [2.45, 2.75) is 47.0 Å². The lowest BCUT2D eigenvalue weighted by atomic mass is 10.1. The number of aryl methyl sites for hydroxylation is 1. The smallest absolute Gasteiger partial charge is 0.306 e. The molecule has 1 N–H and O–H groups in total. The zero-order valence-electron chi connectivity index (χ0n) is 16.7. The molecule has 0 aromatic heterocycles. The van der Waals surface area contributed by atoms with Crippen LogP contribution in [0.25, 0.3) is 0 Å². The van der Waals surface area contributed by atoms with E-state index in [0.717, 1.165) is 24.0 Å². The lowest BCUT2D eigenvalue weighted by Gasteiger charge is -2.09. The molecule has 6 nitrogen and oxygen atoms in total. The number of carbonyl (C=O) groups excluding carboxylic acids is 2. The molecule has 0 bridgehead atoms. The van der Waals surface area contributed by atoms with E-state index in [1.54, 1.807) is 14.0 Å². The number of unbranched alkanes of at least 4 members (excludes halogenated alkanes) is 1. The van der Waals surface area contributed by atoms with Crippen LogP contribution in [0.5, 0.6) is 0 Å². The Morgan fingerprint density at radius 3 is 2.59 bits per heavy atom. The number of amidine groups is 1. The Bertz CT molecular complexity index is 754. The summed E-state index contributed by atoms with van der Waals surface area (Å²) in [6.45, 7) is 7.55. The van der Waals surface area contributed by atoms with E-state index in [1.165, 1.54) is 11.8 Å². The molecule has 0 spiro atoms. The molecule has 0 fully saturated rings. The topological polar surface area (TPSA) is 83.2 Å². The first-order chi connectivity index (χ1) is 12.9. The van der Waals surface area contributed by atoms with E-state index in [9.17, 15) is 9.59 Å². The maximum Gasteiger partial charge on any atom is 0.346 e. The minimum absolute atomic E-state index is 0.136. The highest BCUT2D eigenvalue weighted by Crippen LogP contribution is 2.18. The number of hydrogen-bond acceptors (Lipinski definition) is 4. The molecular weight excluding hydrogens is 360 g/mol. The van der Waals surface area contributed by atoms with Crippen LogP contribution < -0.4 is 5.32 Å². The Morgan fingerprint density at radius 1 is 1.26 bits per heavy atom. The molecule has 1 rings (SSSR count). The molecule has 0 aliphatic heterocycles. The van der Waals surface area contributed by atoms with Crippen molar-refractivity contribution >= 4 is 46.4 Å². The summed E-state index contributed by atoms with van der Waals surface area (Å²) >= 11 is 1.28. The first kappa shape index (κ1) is 22.8. The normalized spacial score (nSPS) is 12.5. The Balaban J connectivity index is 2.79. The quantitative estimate of drug-likeness (QED) is 0.532. The van der Waals surface area contributed by atoms with Crippen LogP contribution in [0.1, 0.15) is 51.2 Å². The molecule has 1 aromatic carbocycles. The Morgan fingerprint density at radius 2 is 2.00 bits per heavy atom. The van der Waals surface area contributed by atoms with Crippen molar-refractivity contribution < 1.29 is 9.59 Å². The minimum atomic E-state index is -0.454. The van der Waals surface area contributed by atoms with Crippen molar-refractivity contribution in [3.8, 4) is 0 Å². The molecular formula is C20H28N4O2S. The zero-order chi connectivity index (χ0) is 20.2. The van der Waals surface area contributed by atoms with E-state index in [1.807, 2.05) is 38.3 Å². The number of urea groups is 1. The molecule has 2 amide bonds. The average Bonchev–Trinajstić information content (AvgIpc) is 2.65. The summed E-state index contributed by atoms with van der Waals surface area (Å²) in [5.74, 6) is 1.14. The third-order valence-corrected chi connectivity index (χ3v) is 4.64. The molecule has 146 valence electrons. The van der Waals surface area contributed by atoms with Crippen LogP contribution >= 0.6 is 11.8 Å². The number of ketones is 1. The molecule has 0 radical (unpaired) electrons. The first-order valence-electron chi connectivity index (χ1n) is 9.02. The first-order valence-corrected chi connectivity index (χ1v) is 10.0. The fourth-order valence-electron chi connectivity index (χ4n) is 2.09. The van der Waals surface area contributed by atoms with E-state index in [2.05, 4.69) is 27.2 Å². The van der Waals surface area contributed by atoms with E-state index < -0.39 is 6.03 Å². The number of nitrogens with one attached hydrogen (secondary N) is 1. The van der Waals surface area contributed by atoms with E-state index >= 15 is 0 Å². The SMILES string of the molecule is CCCC=NC(=NC)c1ccc(NC(=O)/N=C(/C)SCC(=O)CC)c(C)c1. The Hall–Kier alpha value is -2.28. The number of benzene rings is 1. The van der Waals surface area contributed by atoms with Gasteiger partial charge in [0.2, 0.25) is 0 Å². The number of rotatable bonds is 7. The van der Waals surface area contributed by atoms with Crippen molar-refractivity contribution in [3.05, 3.63) is 29.3 Å². The van der Waals surface area contributed by atoms with Gasteiger partial charge in [0.05, 0.1) is 10.8 Å². The van der Waals surface area contributed by atoms with Crippen molar-refractivity contribution in [1.82, 2.24) is 0 Å². The lowest BCUT2D eigenvalue weighted by Crippen LogP contribution is -2.10. The second-order valence-corrected chi connectivity index (χ2v) is 7.09. The van der Waals surface area contributed by atoms with Gasteiger partial charge in [-0.3, -0.25) is 9.79 Å². The van der Waals surface area contributed by atoms with Gasteiger partial charge in [0.1, 0.15) is 5.78 Å². The van der Waals surface area contributed by atoms with E-state index in [4.69, 9.17) is 0 Å². The molecule has 0 saturated carbocycles. The minimum Gasteiger partial charge on any atom is -0.306 e. The van der Waals surface area contributed by atoms with Gasteiger partial charge in [-0.1, -0.05) is 20.3 Å². The predicted octanol–water partition coefficient (Wildman–Crippen LogP) is 4.90. The van der Waals surface area contributed by atoms with Gasteiger partial charge in [0.25, 0.3) is 0 Å². The van der Waals surface area contributed by atoms with Crippen molar-refractivity contribution in [2.24, 2.45) is 15.0 Å². The summed E-state index contributed by atoms with van der Waals surface area (Å²) in [5.41, 5.74) is 2.48. The molecule has 0 aliphatic rings. The van der Waals surface area contributed by atoms with Crippen molar-refractivity contribution in [1.29, 1.82) is 0 Å². The van der Waals surface area contributed by atoms with Crippen molar-refractivity contribution in [3.63, 3.8) is 0 Å². The number of aliphatic imine (C=N–C) groups is 3. The maximum atomic E-state index is 12.1. The van der Waals surface area contributed by atoms with Crippen LogP contribution in [0.4, 0.5) is 10.5 Å². The van der Waals surface area contributed by atoms with Crippen LogP contribution in [0.15, 0.2) is 33.2 Å². The highest BCUT2D eigenvalue weighted by atomic mass is 32.2. The van der Waals surface area contributed by atoms with Gasteiger partial charge in [-0.15, -0.1) is 11.8 Å². The van der Waals surface area contributed by atoms with Crippen LogP contribution in [-0.4, -0.2) is 41.7 Å². The Labute approximate surface area is 165 Å². The fraction of sp³-hybridized carbons (Fsp3) is 0.450. The molecule has 7 heteroatoms. The number of anilines is 1. The van der Waals surface area contributed by atoms with Crippen LogP contribution in [-0.2, 0) is 4.79 Å². The summed E-state index contributed by atoms with van der Waals surface area (Å²) in [7, 11) is 1.71. The molecule has 0 saturated heterocycles. The summed E-state index contributed by atoms with van der Waals surface area (Å²) in [4.78, 5) is 36.0. The zero-order valence-corrected chi connectivity index (χ0v) is 17.5. The number of thioether (sulfide) groups is 1. The monoisotopic (exact) mass is 388 g/mol. The highest BCUT2D eigenvalue weighted by Gasteiger charge is 2.08. The van der Waals surface area contributed by atoms with Gasteiger partial charge in [0, 0.05) is 30.9 Å².